The zero-order chi connectivity index (χ0) is 14.7. The van der Waals surface area contributed by atoms with Crippen molar-refractivity contribution in [2.75, 3.05) is 32.1 Å². The third-order valence-corrected chi connectivity index (χ3v) is 3.68. The summed E-state index contributed by atoms with van der Waals surface area (Å²) < 4.78 is 0. The van der Waals surface area contributed by atoms with Gasteiger partial charge < -0.3 is 20.7 Å². The second-order valence-electron chi connectivity index (χ2n) is 5.35. The van der Waals surface area contributed by atoms with E-state index < -0.39 is 0 Å². The molecule has 1 fully saturated rings. The standard InChI is InChI=1S/C13H22N6O/c1-9-7-11(12(14)17-20)16-13(15-9)19(3)10-5-4-6-18(2)8-10/h7,10,20H,4-6,8H2,1-3H3,(H2,14,17). The van der Waals surface area contributed by atoms with Gasteiger partial charge >= 0.3 is 0 Å². The molecule has 0 bridgehead atoms. The molecule has 0 aliphatic carbocycles. The minimum atomic E-state index is 0.00547. The lowest BCUT2D eigenvalue weighted by molar-refractivity contribution is 0.247. The van der Waals surface area contributed by atoms with Gasteiger partial charge in [-0.3, -0.25) is 0 Å². The lowest BCUT2D eigenvalue weighted by Gasteiger charge is -2.36. The molecule has 1 saturated heterocycles. The molecule has 2 rings (SSSR count). The molecule has 1 aliphatic rings. The summed E-state index contributed by atoms with van der Waals surface area (Å²) in [6, 6.07) is 2.09. The Labute approximate surface area is 119 Å². The van der Waals surface area contributed by atoms with Gasteiger partial charge in [-0.15, -0.1) is 0 Å². The van der Waals surface area contributed by atoms with Crippen LogP contribution in [-0.4, -0.2) is 59.1 Å². The van der Waals surface area contributed by atoms with Gasteiger partial charge in [0.2, 0.25) is 5.95 Å². The van der Waals surface area contributed by atoms with E-state index in [1.54, 1.807) is 6.07 Å². The number of nitrogens with two attached hydrogens (primary N) is 1. The van der Waals surface area contributed by atoms with Crippen molar-refractivity contribution in [1.82, 2.24) is 14.9 Å². The van der Waals surface area contributed by atoms with E-state index >= 15 is 0 Å². The summed E-state index contributed by atoms with van der Waals surface area (Å²) in [6.07, 6.45) is 2.29. The number of rotatable bonds is 3. The highest BCUT2D eigenvalue weighted by Gasteiger charge is 2.23. The molecule has 3 N–H and O–H groups in total. The van der Waals surface area contributed by atoms with Crippen LogP contribution in [0.15, 0.2) is 11.2 Å². The van der Waals surface area contributed by atoms with E-state index in [0.717, 1.165) is 25.2 Å². The Morgan fingerprint density at radius 2 is 2.30 bits per heavy atom. The highest BCUT2D eigenvalue weighted by Crippen LogP contribution is 2.18. The fraction of sp³-hybridized carbons (Fsp3) is 0.615. The molecule has 2 heterocycles. The number of piperidine rings is 1. The highest BCUT2D eigenvalue weighted by atomic mass is 16.4. The Hall–Kier alpha value is -1.89. The van der Waals surface area contributed by atoms with Gasteiger partial charge in [-0.05, 0) is 39.4 Å². The summed E-state index contributed by atoms with van der Waals surface area (Å²) in [5.41, 5.74) is 6.86. The normalized spacial score (nSPS) is 20.9. The van der Waals surface area contributed by atoms with E-state index in [1.807, 2.05) is 14.0 Å². The summed E-state index contributed by atoms with van der Waals surface area (Å²) in [6.45, 7) is 4.00. The zero-order valence-corrected chi connectivity index (χ0v) is 12.2. The second kappa shape index (κ2) is 6.04. The summed E-state index contributed by atoms with van der Waals surface area (Å²) in [4.78, 5) is 13.2. The van der Waals surface area contributed by atoms with Crippen LogP contribution < -0.4 is 10.6 Å². The van der Waals surface area contributed by atoms with E-state index in [-0.39, 0.29) is 5.84 Å². The van der Waals surface area contributed by atoms with Crippen LogP contribution in [0, 0.1) is 6.92 Å². The van der Waals surface area contributed by atoms with Crippen molar-refractivity contribution in [2.24, 2.45) is 10.9 Å². The predicted octanol–water partition coefficient (Wildman–Crippen LogP) is 0.410. The minimum absolute atomic E-state index is 0.00547. The van der Waals surface area contributed by atoms with E-state index in [4.69, 9.17) is 10.9 Å². The number of likely N-dealkylation sites (N-methyl/N-ethyl adjacent to an activating group) is 2. The average Bonchev–Trinajstić information content (AvgIpc) is 2.45. The molecule has 0 aromatic carbocycles. The number of aromatic nitrogens is 2. The first kappa shape index (κ1) is 14.5. The molecular formula is C13H22N6O. The molecule has 0 amide bonds. The Morgan fingerprint density at radius 1 is 1.55 bits per heavy atom. The summed E-state index contributed by atoms with van der Waals surface area (Å²) in [5, 5.41) is 11.8. The topological polar surface area (TPSA) is 90.9 Å². The van der Waals surface area contributed by atoms with E-state index in [0.29, 0.717) is 17.7 Å². The highest BCUT2D eigenvalue weighted by molar-refractivity contribution is 5.95. The largest absolute Gasteiger partial charge is 0.409 e. The average molecular weight is 278 g/mol. The molecule has 1 aromatic heterocycles. The molecule has 0 spiro atoms. The van der Waals surface area contributed by atoms with Gasteiger partial charge in [0.25, 0.3) is 0 Å². The Balaban J connectivity index is 2.25. The lowest BCUT2D eigenvalue weighted by atomic mass is 10.1. The fourth-order valence-electron chi connectivity index (χ4n) is 2.51. The molecule has 1 aliphatic heterocycles. The maximum absolute atomic E-state index is 8.77. The van der Waals surface area contributed by atoms with Crippen LogP contribution in [0.4, 0.5) is 5.95 Å². The molecule has 1 atom stereocenters. The van der Waals surface area contributed by atoms with Crippen molar-refractivity contribution in [3.05, 3.63) is 17.5 Å². The number of hydrogen-bond donors (Lipinski definition) is 2. The minimum Gasteiger partial charge on any atom is -0.409 e. The van der Waals surface area contributed by atoms with Gasteiger partial charge in [0.15, 0.2) is 5.84 Å². The van der Waals surface area contributed by atoms with Crippen molar-refractivity contribution in [1.29, 1.82) is 0 Å². The molecule has 20 heavy (non-hydrogen) atoms. The molecule has 7 nitrogen and oxygen atoms in total. The summed E-state index contributed by atoms with van der Waals surface area (Å²) >= 11 is 0. The predicted molar refractivity (Wildman–Crippen MR) is 78.2 cm³/mol. The van der Waals surface area contributed by atoms with Gasteiger partial charge in [-0.1, -0.05) is 5.16 Å². The maximum Gasteiger partial charge on any atom is 0.226 e. The number of hydrogen-bond acceptors (Lipinski definition) is 6. The Morgan fingerprint density at radius 3 is 2.95 bits per heavy atom. The van der Waals surface area contributed by atoms with Gasteiger partial charge in [0, 0.05) is 25.3 Å². The first-order chi connectivity index (χ1) is 9.51. The molecule has 0 radical (unpaired) electrons. The van der Waals surface area contributed by atoms with Crippen LogP contribution in [0.5, 0.6) is 0 Å². The lowest BCUT2D eigenvalue weighted by Crippen LogP contribution is -2.45. The number of amidine groups is 1. The van der Waals surface area contributed by atoms with E-state index in [2.05, 4.69) is 32.0 Å². The third kappa shape index (κ3) is 3.16. The molecular weight excluding hydrogens is 256 g/mol. The smallest absolute Gasteiger partial charge is 0.226 e. The summed E-state index contributed by atoms with van der Waals surface area (Å²) in [7, 11) is 4.12. The number of nitrogens with zero attached hydrogens (tertiary/aromatic N) is 5. The zero-order valence-electron chi connectivity index (χ0n) is 12.2. The van der Waals surface area contributed by atoms with Crippen LogP contribution >= 0.6 is 0 Å². The Kier molecular flexibility index (Phi) is 4.39. The first-order valence-electron chi connectivity index (χ1n) is 6.76. The van der Waals surface area contributed by atoms with Crippen LogP contribution in [0.1, 0.15) is 24.2 Å². The molecule has 0 saturated carbocycles. The maximum atomic E-state index is 8.77. The monoisotopic (exact) mass is 278 g/mol. The molecule has 1 unspecified atom stereocenters. The second-order valence-corrected chi connectivity index (χ2v) is 5.35. The van der Waals surface area contributed by atoms with Gasteiger partial charge in [-0.2, -0.15) is 0 Å². The van der Waals surface area contributed by atoms with Crippen molar-refractivity contribution >= 4 is 11.8 Å². The van der Waals surface area contributed by atoms with Crippen LogP contribution in [0.25, 0.3) is 0 Å². The molecule has 110 valence electrons. The van der Waals surface area contributed by atoms with Gasteiger partial charge in [0.05, 0.1) is 0 Å². The van der Waals surface area contributed by atoms with Crippen LogP contribution in [-0.2, 0) is 0 Å². The van der Waals surface area contributed by atoms with Crippen molar-refractivity contribution in [3.63, 3.8) is 0 Å². The van der Waals surface area contributed by atoms with Crippen molar-refractivity contribution in [2.45, 2.75) is 25.8 Å². The third-order valence-electron chi connectivity index (χ3n) is 3.68. The number of anilines is 1. The van der Waals surface area contributed by atoms with Crippen molar-refractivity contribution < 1.29 is 5.21 Å². The number of likely N-dealkylation sites (tertiary alicyclic amines) is 1. The molecule has 7 heteroatoms. The van der Waals surface area contributed by atoms with Crippen LogP contribution in [0.3, 0.4) is 0 Å². The number of oxime groups is 1. The number of aryl methyl sites for hydroxylation is 1. The SMILES string of the molecule is Cc1cc(/C(N)=N/O)nc(N(C)C2CCCN(C)C2)n1. The van der Waals surface area contributed by atoms with E-state index in [9.17, 15) is 0 Å². The van der Waals surface area contributed by atoms with Crippen molar-refractivity contribution in [3.8, 4) is 0 Å². The van der Waals surface area contributed by atoms with Crippen LogP contribution in [0.2, 0.25) is 0 Å². The fourth-order valence-corrected chi connectivity index (χ4v) is 2.51. The van der Waals surface area contributed by atoms with Gasteiger partial charge in [-0.25, -0.2) is 9.97 Å². The van der Waals surface area contributed by atoms with Gasteiger partial charge in [0.1, 0.15) is 5.69 Å². The Bertz CT molecular complexity index is 504. The van der Waals surface area contributed by atoms with E-state index in [1.165, 1.54) is 6.42 Å². The quantitative estimate of drug-likeness (QED) is 0.360. The molecule has 1 aromatic rings. The first-order valence-corrected chi connectivity index (χ1v) is 6.76. The summed E-state index contributed by atoms with van der Waals surface area (Å²) in [5.74, 6) is 0.623.